The molecule has 2 unspecified atom stereocenters. The molecule has 1 saturated heterocycles. The standard InChI is InChI=1S/C13H18N2O3S/c1-3-9-4-5-15(10(6-9)13(17)18)12(16)11-8(2)14-7-19-11/h7,9-10H,3-6H2,1-2H3,(H,17,18). The average molecular weight is 282 g/mol. The van der Waals surface area contributed by atoms with Gasteiger partial charge in [-0.1, -0.05) is 13.3 Å². The number of nitrogens with zero attached hydrogens (tertiary/aromatic N) is 2. The Hall–Kier alpha value is -1.43. The van der Waals surface area contributed by atoms with Crippen molar-refractivity contribution in [1.29, 1.82) is 0 Å². The van der Waals surface area contributed by atoms with E-state index in [1.54, 1.807) is 12.4 Å². The molecule has 19 heavy (non-hydrogen) atoms. The van der Waals surface area contributed by atoms with Gasteiger partial charge in [-0.3, -0.25) is 4.79 Å². The molecule has 2 rings (SSSR count). The number of aryl methyl sites for hydroxylation is 1. The molecule has 0 bridgehead atoms. The molecule has 1 fully saturated rings. The number of thiazole rings is 1. The number of carbonyl (C=O) groups excluding carboxylic acids is 1. The summed E-state index contributed by atoms with van der Waals surface area (Å²) in [6.45, 7) is 4.36. The zero-order chi connectivity index (χ0) is 14.0. The van der Waals surface area contributed by atoms with E-state index in [1.165, 1.54) is 16.2 Å². The van der Waals surface area contributed by atoms with E-state index in [-0.39, 0.29) is 5.91 Å². The van der Waals surface area contributed by atoms with Crippen LogP contribution in [0.3, 0.4) is 0 Å². The van der Waals surface area contributed by atoms with Gasteiger partial charge in [0.15, 0.2) is 0 Å². The Morgan fingerprint density at radius 3 is 2.84 bits per heavy atom. The van der Waals surface area contributed by atoms with Crippen LogP contribution in [0.5, 0.6) is 0 Å². The fourth-order valence-electron chi connectivity index (χ4n) is 2.52. The van der Waals surface area contributed by atoms with Gasteiger partial charge in [-0.2, -0.15) is 0 Å². The molecule has 0 aromatic carbocycles. The van der Waals surface area contributed by atoms with E-state index >= 15 is 0 Å². The Morgan fingerprint density at radius 1 is 1.58 bits per heavy atom. The number of carboxylic acids is 1. The molecule has 1 aromatic heterocycles. The highest BCUT2D eigenvalue weighted by atomic mass is 32.1. The number of hydrogen-bond donors (Lipinski definition) is 1. The first-order valence-corrected chi connectivity index (χ1v) is 7.36. The molecule has 1 aromatic rings. The number of hydrogen-bond acceptors (Lipinski definition) is 4. The quantitative estimate of drug-likeness (QED) is 0.922. The summed E-state index contributed by atoms with van der Waals surface area (Å²) < 4.78 is 0. The molecular formula is C13H18N2O3S. The fraction of sp³-hybridized carbons (Fsp3) is 0.615. The van der Waals surface area contributed by atoms with Gasteiger partial charge in [0, 0.05) is 6.54 Å². The third-order valence-electron chi connectivity index (χ3n) is 3.77. The van der Waals surface area contributed by atoms with Gasteiger partial charge in [-0.05, 0) is 25.7 Å². The highest BCUT2D eigenvalue weighted by Gasteiger charge is 2.36. The molecule has 2 atom stereocenters. The van der Waals surface area contributed by atoms with Crippen molar-refractivity contribution in [2.75, 3.05) is 6.54 Å². The van der Waals surface area contributed by atoms with Gasteiger partial charge in [-0.25, -0.2) is 9.78 Å². The lowest BCUT2D eigenvalue weighted by atomic mass is 9.88. The molecule has 1 amide bonds. The van der Waals surface area contributed by atoms with Gasteiger partial charge in [0.05, 0.1) is 11.2 Å². The topological polar surface area (TPSA) is 70.5 Å². The summed E-state index contributed by atoms with van der Waals surface area (Å²) in [5.41, 5.74) is 2.30. The number of rotatable bonds is 3. The minimum atomic E-state index is -0.909. The summed E-state index contributed by atoms with van der Waals surface area (Å²) in [5.74, 6) is -0.705. The number of likely N-dealkylation sites (tertiary alicyclic amines) is 1. The first-order valence-electron chi connectivity index (χ1n) is 6.48. The number of carboxylic acid groups (broad SMARTS) is 1. The molecule has 5 nitrogen and oxygen atoms in total. The average Bonchev–Trinajstić information content (AvgIpc) is 2.83. The van der Waals surface area contributed by atoms with Crippen molar-refractivity contribution < 1.29 is 14.7 Å². The van der Waals surface area contributed by atoms with Gasteiger partial charge >= 0.3 is 5.97 Å². The molecule has 6 heteroatoms. The number of aliphatic carboxylic acids is 1. The molecule has 2 heterocycles. The first-order chi connectivity index (χ1) is 9.04. The summed E-state index contributed by atoms with van der Waals surface area (Å²) in [6.07, 6.45) is 2.39. The molecule has 1 aliphatic heterocycles. The second kappa shape index (κ2) is 5.69. The second-order valence-electron chi connectivity index (χ2n) is 4.92. The molecule has 1 aliphatic rings. The van der Waals surface area contributed by atoms with Crippen LogP contribution in [-0.2, 0) is 4.79 Å². The van der Waals surface area contributed by atoms with Gasteiger partial charge in [0.1, 0.15) is 10.9 Å². The summed E-state index contributed by atoms with van der Waals surface area (Å²) in [5, 5.41) is 9.33. The van der Waals surface area contributed by atoms with Crippen LogP contribution < -0.4 is 0 Å². The van der Waals surface area contributed by atoms with Crippen LogP contribution in [0.15, 0.2) is 5.51 Å². The summed E-state index contributed by atoms with van der Waals surface area (Å²) in [7, 11) is 0. The molecule has 0 aliphatic carbocycles. The van der Waals surface area contributed by atoms with Gasteiger partial charge in [0.2, 0.25) is 0 Å². The van der Waals surface area contributed by atoms with Crippen molar-refractivity contribution in [3.05, 3.63) is 16.1 Å². The zero-order valence-electron chi connectivity index (χ0n) is 11.1. The third-order valence-corrected chi connectivity index (χ3v) is 4.69. The lowest BCUT2D eigenvalue weighted by molar-refractivity contribution is -0.144. The molecule has 104 valence electrons. The molecule has 1 N–H and O–H groups in total. The Balaban J connectivity index is 2.20. The third kappa shape index (κ3) is 2.78. The maximum absolute atomic E-state index is 12.4. The molecular weight excluding hydrogens is 264 g/mol. The van der Waals surface area contributed by atoms with Crippen molar-refractivity contribution in [2.45, 2.75) is 39.2 Å². The lowest BCUT2D eigenvalue weighted by Crippen LogP contribution is -2.50. The van der Waals surface area contributed by atoms with E-state index in [0.717, 1.165) is 12.8 Å². The van der Waals surface area contributed by atoms with E-state index in [4.69, 9.17) is 0 Å². The van der Waals surface area contributed by atoms with E-state index < -0.39 is 12.0 Å². The van der Waals surface area contributed by atoms with E-state index in [2.05, 4.69) is 11.9 Å². The van der Waals surface area contributed by atoms with Gasteiger partial charge in [-0.15, -0.1) is 11.3 Å². The minimum absolute atomic E-state index is 0.193. The zero-order valence-corrected chi connectivity index (χ0v) is 11.9. The summed E-state index contributed by atoms with van der Waals surface area (Å²) in [6, 6.07) is -0.701. The number of amides is 1. The first kappa shape index (κ1) is 14.0. The second-order valence-corrected chi connectivity index (χ2v) is 5.77. The maximum Gasteiger partial charge on any atom is 0.326 e. The maximum atomic E-state index is 12.4. The van der Waals surface area contributed by atoms with E-state index in [0.29, 0.717) is 29.5 Å². The summed E-state index contributed by atoms with van der Waals surface area (Å²) >= 11 is 1.28. The number of carbonyl (C=O) groups is 2. The van der Waals surface area contributed by atoms with Crippen molar-refractivity contribution in [2.24, 2.45) is 5.92 Å². The predicted molar refractivity (Wildman–Crippen MR) is 72.3 cm³/mol. The number of aromatic nitrogens is 1. The predicted octanol–water partition coefficient (Wildman–Crippen LogP) is 2.17. The van der Waals surface area contributed by atoms with Crippen LogP contribution in [0, 0.1) is 12.8 Å². The molecule has 0 saturated carbocycles. The highest BCUT2D eigenvalue weighted by molar-refractivity contribution is 7.11. The van der Waals surface area contributed by atoms with Gasteiger partial charge in [0.25, 0.3) is 5.91 Å². The van der Waals surface area contributed by atoms with Crippen molar-refractivity contribution in [3.8, 4) is 0 Å². The van der Waals surface area contributed by atoms with Crippen LogP contribution in [0.2, 0.25) is 0 Å². The van der Waals surface area contributed by atoms with E-state index in [1.807, 2.05) is 0 Å². The largest absolute Gasteiger partial charge is 0.480 e. The van der Waals surface area contributed by atoms with Gasteiger partial charge < -0.3 is 10.0 Å². The fourth-order valence-corrected chi connectivity index (χ4v) is 3.28. The van der Waals surface area contributed by atoms with Crippen molar-refractivity contribution >= 4 is 23.2 Å². The van der Waals surface area contributed by atoms with Crippen LogP contribution in [0.4, 0.5) is 0 Å². The van der Waals surface area contributed by atoms with Crippen LogP contribution in [0.25, 0.3) is 0 Å². The Bertz CT molecular complexity index is 486. The molecule has 0 radical (unpaired) electrons. The number of piperidine rings is 1. The minimum Gasteiger partial charge on any atom is -0.480 e. The Morgan fingerprint density at radius 2 is 2.32 bits per heavy atom. The Labute approximate surface area is 116 Å². The van der Waals surface area contributed by atoms with E-state index in [9.17, 15) is 14.7 Å². The highest BCUT2D eigenvalue weighted by Crippen LogP contribution is 2.28. The van der Waals surface area contributed by atoms with Crippen LogP contribution in [0.1, 0.15) is 41.6 Å². The Kier molecular flexibility index (Phi) is 4.19. The SMILES string of the molecule is CCC1CCN(C(=O)c2scnc2C)C(C(=O)O)C1. The smallest absolute Gasteiger partial charge is 0.326 e. The van der Waals surface area contributed by atoms with Crippen LogP contribution in [-0.4, -0.2) is 39.5 Å². The normalized spacial score (nSPS) is 23.4. The lowest BCUT2D eigenvalue weighted by Gasteiger charge is -2.36. The monoisotopic (exact) mass is 282 g/mol. The van der Waals surface area contributed by atoms with Crippen molar-refractivity contribution in [1.82, 2.24) is 9.88 Å². The molecule has 0 spiro atoms. The van der Waals surface area contributed by atoms with Crippen molar-refractivity contribution in [3.63, 3.8) is 0 Å². The summed E-state index contributed by atoms with van der Waals surface area (Å²) in [4.78, 5) is 29.9. The van der Waals surface area contributed by atoms with Crippen LogP contribution >= 0.6 is 11.3 Å².